The highest BCUT2D eigenvalue weighted by atomic mass is 16.6. The molecule has 0 aliphatic rings. The number of hydrogen-bond acceptors (Lipinski definition) is 4. The van der Waals surface area contributed by atoms with E-state index in [9.17, 15) is 20.0 Å². The van der Waals surface area contributed by atoms with E-state index in [1.165, 1.54) is 24.3 Å². The zero-order valence-corrected chi connectivity index (χ0v) is 7.95. The molecule has 2 aromatic rings. The Morgan fingerprint density at radius 3 is 2.75 bits per heavy atom. The van der Waals surface area contributed by atoms with Crippen molar-refractivity contribution in [3.63, 3.8) is 0 Å². The molecular weight excluding hydrogens is 214 g/mol. The third-order valence-corrected chi connectivity index (χ3v) is 2.06. The largest absolute Gasteiger partial charge is 0.493 e. The second kappa shape index (κ2) is 3.54. The van der Waals surface area contributed by atoms with Crippen molar-refractivity contribution in [2.75, 3.05) is 0 Å². The lowest BCUT2D eigenvalue weighted by molar-refractivity contribution is -0.384. The highest BCUT2D eigenvalue weighted by Gasteiger charge is 2.11. The van der Waals surface area contributed by atoms with Gasteiger partial charge in [-0.15, -0.1) is 0 Å². The normalized spacial score (nSPS) is 10.2. The van der Waals surface area contributed by atoms with E-state index in [0.29, 0.717) is 0 Å². The Balaban J connectivity index is 2.61. The molecule has 0 bridgehead atoms. The van der Waals surface area contributed by atoms with E-state index >= 15 is 0 Å². The molecule has 0 saturated carbocycles. The molecule has 0 amide bonds. The summed E-state index contributed by atoms with van der Waals surface area (Å²) in [7, 11) is 0. The zero-order chi connectivity index (χ0) is 11.7. The molecule has 0 aliphatic carbocycles. The quantitative estimate of drug-likeness (QED) is 0.577. The standard InChI is InChI=1S/C9H7N3O4/c13-8-5-10-9(14)11(8)6-2-1-3-7(4-6)12(15)16/h1-5,13H,(H,10,14). The minimum atomic E-state index is -0.571. The summed E-state index contributed by atoms with van der Waals surface area (Å²) in [5.74, 6) is -0.300. The summed E-state index contributed by atoms with van der Waals surface area (Å²) < 4.78 is 0.938. The van der Waals surface area contributed by atoms with Gasteiger partial charge in [-0.05, 0) is 6.07 Å². The van der Waals surface area contributed by atoms with Crippen LogP contribution in [0.2, 0.25) is 0 Å². The van der Waals surface area contributed by atoms with Crippen molar-refractivity contribution in [2.45, 2.75) is 0 Å². The Kier molecular flexibility index (Phi) is 2.20. The minimum absolute atomic E-state index is 0.148. The van der Waals surface area contributed by atoms with Gasteiger partial charge in [0.25, 0.3) is 5.69 Å². The fourth-order valence-electron chi connectivity index (χ4n) is 1.35. The van der Waals surface area contributed by atoms with E-state index in [4.69, 9.17) is 0 Å². The van der Waals surface area contributed by atoms with Gasteiger partial charge >= 0.3 is 5.69 Å². The Morgan fingerprint density at radius 1 is 1.44 bits per heavy atom. The number of nitrogens with zero attached hydrogens (tertiary/aromatic N) is 2. The number of imidazole rings is 1. The van der Waals surface area contributed by atoms with Crippen molar-refractivity contribution in [2.24, 2.45) is 0 Å². The molecule has 1 heterocycles. The van der Waals surface area contributed by atoms with E-state index in [0.717, 1.165) is 10.8 Å². The first kappa shape index (κ1) is 9.97. The van der Waals surface area contributed by atoms with Crippen molar-refractivity contribution in [3.05, 3.63) is 51.1 Å². The van der Waals surface area contributed by atoms with Crippen LogP contribution in [0.1, 0.15) is 0 Å². The average Bonchev–Trinajstić information content (AvgIpc) is 2.59. The summed E-state index contributed by atoms with van der Waals surface area (Å²) in [6, 6.07) is 5.43. The summed E-state index contributed by atoms with van der Waals surface area (Å²) in [5, 5.41) is 19.9. The number of nitro benzene ring substituents is 1. The summed E-state index contributed by atoms with van der Waals surface area (Å²) in [5.41, 5.74) is -0.471. The number of aromatic nitrogens is 2. The van der Waals surface area contributed by atoms with Crippen LogP contribution in [-0.4, -0.2) is 19.6 Å². The molecule has 7 nitrogen and oxygen atoms in total. The maximum absolute atomic E-state index is 11.3. The first-order valence-electron chi connectivity index (χ1n) is 4.34. The predicted octanol–water partition coefficient (Wildman–Crippen LogP) is 0.779. The lowest BCUT2D eigenvalue weighted by atomic mass is 10.3. The summed E-state index contributed by atoms with van der Waals surface area (Å²) in [6.07, 6.45) is 1.11. The van der Waals surface area contributed by atoms with E-state index in [1.54, 1.807) is 0 Å². The van der Waals surface area contributed by atoms with Crippen molar-refractivity contribution < 1.29 is 10.0 Å². The smallest absolute Gasteiger partial charge is 0.333 e. The van der Waals surface area contributed by atoms with Gasteiger partial charge in [0.1, 0.15) is 0 Å². The van der Waals surface area contributed by atoms with Gasteiger partial charge in [0.15, 0.2) is 0 Å². The lowest BCUT2D eigenvalue weighted by Crippen LogP contribution is -2.14. The molecule has 0 saturated heterocycles. The van der Waals surface area contributed by atoms with E-state index < -0.39 is 10.6 Å². The summed E-state index contributed by atoms with van der Waals surface area (Å²) in [4.78, 5) is 23.5. The monoisotopic (exact) mass is 221 g/mol. The van der Waals surface area contributed by atoms with E-state index in [-0.39, 0.29) is 17.3 Å². The van der Waals surface area contributed by atoms with Gasteiger partial charge in [-0.1, -0.05) is 6.07 Å². The average molecular weight is 221 g/mol. The van der Waals surface area contributed by atoms with Crippen LogP contribution < -0.4 is 5.69 Å². The van der Waals surface area contributed by atoms with E-state index in [2.05, 4.69) is 4.98 Å². The molecule has 0 aliphatic heterocycles. The number of rotatable bonds is 2. The number of aromatic amines is 1. The van der Waals surface area contributed by atoms with Gasteiger partial charge in [0.05, 0.1) is 16.8 Å². The van der Waals surface area contributed by atoms with Gasteiger partial charge in [-0.25, -0.2) is 9.36 Å². The Hall–Kier alpha value is -2.57. The molecule has 1 aromatic carbocycles. The van der Waals surface area contributed by atoms with Crippen molar-refractivity contribution in [1.82, 2.24) is 9.55 Å². The van der Waals surface area contributed by atoms with Crippen LogP contribution in [0, 0.1) is 10.1 Å². The van der Waals surface area contributed by atoms with Crippen LogP contribution in [0.3, 0.4) is 0 Å². The molecule has 0 atom stereocenters. The van der Waals surface area contributed by atoms with Gasteiger partial charge in [-0.2, -0.15) is 0 Å². The fourth-order valence-corrected chi connectivity index (χ4v) is 1.35. The van der Waals surface area contributed by atoms with E-state index in [1.807, 2.05) is 0 Å². The Morgan fingerprint density at radius 2 is 2.19 bits per heavy atom. The molecule has 2 rings (SSSR count). The molecule has 1 aromatic heterocycles. The highest BCUT2D eigenvalue weighted by Crippen LogP contribution is 2.18. The Bertz CT molecular complexity index is 599. The van der Waals surface area contributed by atoms with Crippen LogP contribution >= 0.6 is 0 Å². The number of hydrogen-bond donors (Lipinski definition) is 2. The molecule has 0 radical (unpaired) electrons. The number of H-pyrrole nitrogens is 1. The van der Waals surface area contributed by atoms with Gasteiger partial charge in [0, 0.05) is 12.1 Å². The summed E-state index contributed by atoms with van der Waals surface area (Å²) >= 11 is 0. The number of nitrogens with one attached hydrogen (secondary N) is 1. The minimum Gasteiger partial charge on any atom is -0.493 e. The number of nitro groups is 1. The second-order valence-corrected chi connectivity index (χ2v) is 3.06. The second-order valence-electron chi connectivity index (χ2n) is 3.06. The van der Waals surface area contributed by atoms with Crippen LogP contribution in [0.4, 0.5) is 5.69 Å². The van der Waals surface area contributed by atoms with Gasteiger partial charge in [-0.3, -0.25) is 10.1 Å². The molecule has 7 heteroatoms. The fraction of sp³-hybridized carbons (Fsp3) is 0. The van der Waals surface area contributed by atoms with Crippen molar-refractivity contribution >= 4 is 5.69 Å². The first-order chi connectivity index (χ1) is 7.59. The maximum Gasteiger partial charge on any atom is 0.333 e. The number of non-ortho nitro benzene ring substituents is 1. The maximum atomic E-state index is 11.3. The first-order valence-corrected chi connectivity index (χ1v) is 4.34. The molecule has 0 unspecified atom stereocenters. The number of benzene rings is 1. The molecular formula is C9H7N3O4. The van der Waals surface area contributed by atoms with Crippen molar-refractivity contribution in [1.29, 1.82) is 0 Å². The lowest BCUT2D eigenvalue weighted by Gasteiger charge is -2.01. The third kappa shape index (κ3) is 1.54. The third-order valence-electron chi connectivity index (χ3n) is 2.06. The van der Waals surface area contributed by atoms with Crippen molar-refractivity contribution in [3.8, 4) is 11.6 Å². The van der Waals surface area contributed by atoms with Crippen LogP contribution in [0.25, 0.3) is 5.69 Å². The highest BCUT2D eigenvalue weighted by molar-refractivity contribution is 5.44. The van der Waals surface area contributed by atoms with Gasteiger partial charge in [0.2, 0.25) is 5.88 Å². The Labute approximate surface area is 88.7 Å². The predicted molar refractivity (Wildman–Crippen MR) is 54.7 cm³/mol. The van der Waals surface area contributed by atoms with Gasteiger partial charge < -0.3 is 10.1 Å². The number of aromatic hydroxyl groups is 1. The SMILES string of the molecule is O=c1[nH]cc(O)n1-c1cccc([N+](=O)[O-])c1. The molecule has 0 spiro atoms. The molecule has 82 valence electrons. The van der Waals surface area contributed by atoms with Crippen LogP contribution in [0.15, 0.2) is 35.3 Å². The van der Waals surface area contributed by atoms with Crippen LogP contribution in [-0.2, 0) is 0 Å². The molecule has 16 heavy (non-hydrogen) atoms. The molecule has 0 fully saturated rings. The summed E-state index contributed by atoms with van der Waals surface area (Å²) in [6.45, 7) is 0. The zero-order valence-electron chi connectivity index (χ0n) is 7.95. The molecule has 2 N–H and O–H groups in total. The van der Waals surface area contributed by atoms with Crippen LogP contribution in [0.5, 0.6) is 5.88 Å². The topological polar surface area (TPSA) is 101 Å².